The van der Waals surface area contributed by atoms with Crippen molar-refractivity contribution in [1.29, 1.82) is 0 Å². The van der Waals surface area contributed by atoms with Gasteiger partial charge in [0.25, 0.3) is 5.91 Å². The number of benzene rings is 2. The van der Waals surface area contributed by atoms with Crippen LogP contribution in [0.2, 0.25) is 0 Å². The Morgan fingerprint density at radius 1 is 1.22 bits per heavy atom. The molecule has 23 heavy (non-hydrogen) atoms. The second-order valence-electron chi connectivity index (χ2n) is 5.34. The van der Waals surface area contributed by atoms with Crippen LogP contribution in [0.25, 0.3) is 0 Å². The number of carbonyl (C=O) groups excluding carboxylic acids is 1. The first-order valence-corrected chi connectivity index (χ1v) is 8.60. The molecule has 2 rings (SSSR count). The standard InChI is InChI=1S/C18H20FNO2S/c1-12(15(21)11-13-7-4-3-5-8-13)20-18(22)17-14(19)9-6-10-16(17)23-2/h3-10,12,15,21H,11H2,1-2H3,(H,20,22)/t12-,15-/m0/s1. The van der Waals surface area contributed by atoms with Crippen molar-refractivity contribution in [1.82, 2.24) is 5.32 Å². The lowest BCUT2D eigenvalue weighted by molar-refractivity contribution is 0.0845. The Kier molecular flexibility index (Phi) is 6.19. The van der Waals surface area contributed by atoms with E-state index in [-0.39, 0.29) is 5.56 Å². The van der Waals surface area contributed by atoms with Gasteiger partial charge < -0.3 is 10.4 Å². The fourth-order valence-electron chi connectivity index (χ4n) is 2.30. The summed E-state index contributed by atoms with van der Waals surface area (Å²) in [6.07, 6.45) is 1.47. The molecule has 0 aromatic heterocycles. The molecule has 122 valence electrons. The summed E-state index contributed by atoms with van der Waals surface area (Å²) < 4.78 is 13.9. The zero-order valence-corrected chi connectivity index (χ0v) is 13.9. The predicted molar refractivity (Wildman–Crippen MR) is 91.3 cm³/mol. The number of amides is 1. The maximum atomic E-state index is 13.9. The van der Waals surface area contributed by atoms with Gasteiger partial charge in [-0.1, -0.05) is 36.4 Å². The Hall–Kier alpha value is -1.85. The van der Waals surface area contributed by atoms with Crippen molar-refractivity contribution in [3.8, 4) is 0 Å². The Bertz CT molecular complexity index is 663. The van der Waals surface area contributed by atoms with Gasteiger partial charge in [0.15, 0.2) is 0 Å². The molecule has 0 saturated heterocycles. The molecule has 0 fully saturated rings. The summed E-state index contributed by atoms with van der Waals surface area (Å²) in [5, 5.41) is 12.9. The van der Waals surface area contributed by atoms with Crippen LogP contribution in [0, 0.1) is 5.82 Å². The molecule has 3 nitrogen and oxygen atoms in total. The van der Waals surface area contributed by atoms with E-state index in [9.17, 15) is 14.3 Å². The van der Waals surface area contributed by atoms with Gasteiger partial charge in [0, 0.05) is 11.3 Å². The van der Waals surface area contributed by atoms with Gasteiger partial charge in [-0.15, -0.1) is 11.8 Å². The molecule has 0 spiro atoms. The Morgan fingerprint density at radius 3 is 2.57 bits per heavy atom. The van der Waals surface area contributed by atoms with E-state index in [0.717, 1.165) is 5.56 Å². The van der Waals surface area contributed by atoms with Crippen molar-refractivity contribution < 1.29 is 14.3 Å². The van der Waals surface area contributed by atoms with Crippen LogP contribution in [0.3, 0.4) is 0 Å². The van der Waals surface area contributed by atoms with E-state index >= 15 is 0 Å². The number of thioether (sulfide) groups is 1. The average molecular weight is 333 g/mol. The third-order valence-corrected chi connectivity index (χ3v) is 4.43. The normalized spacial score (nSPS) is 13.4. The molecular formula is C18H20FNO2S. The highest BCUT2D eigenvalue weighted by molar-refractivity contribution is 7.98. The number of carbonyl (C=O) groups is 1. The lowest BCUT2D eigenvalue weighted by atomic mass is 10.0. The summed E-state index contributed by atoms with van der Waals surface area (Å²) in [6.45, 7) is 1.71. The van der Waals surface area contributed by atoms with Crippen molar-refractivity contribution in [2.75, 3.05) is 6.26 Å². The smallest absolute Gasteiger partial charge is 0.255 e. The maximum Gasteiger partial charge on any atom is 0.255 e. The number of rotatable bonds is 6. The SMILES string of the molecule is CSc1cccc(F)c1C(=O)N[C@@H](C)[C@@H](O)Cc1ccccc1. The predicted octanol–water partition coefficient (Wildman–Crippen LogP) is 3.27. The molecule has 0 bridgehead atoms. The van der Waals surface area contributed by atoms with Gasteiger partial charge in [-0.25, -0.2) is 4.39 Å². The van der Waals surface area contributed by atoms with Crippen LogP contribution < -0.4 is 5.32 Å². The van der Waals surface area contributed by atoms with E-state index in [2.05, 4.69) is 5.32 Å². The van der Waals surface area contributed by atoms with Crippen molar-refractivity contribution in [2.45, 2.75) is 30.4 Å². The van der Waals surface area contributed by atoms with E-state index in [0.29, 0.717) is 11.3 Å². The lowest BCUT2D eigenvalue weighted by Crippen LogP contribution is -2.42. The summed E-state index contributed by atoms with van der Waals surface area (Å²) in [6, 6.07) is 13.6. The second kappa shape index (κ2) is 8.13. The molecule has 5 heteroatoms. The van der Waals surface area contributed by atoms with Gasteiger partial charge in [-0.3, -0.25) is 4.79 Å². The Balaban J connectivity index is 2.05. The zero-order chi connectivity index (χ0) is 16.8. The van der Waals surface area contributed by atoms with Gasteiger partial charge in [0.1, 0.15) is 5.82 Å². The first-order valence-electron chi connectivity index (χ1n) is 7.38. The van der Waals surface area contributed by atoms with Gasteiger partial charge in [-0.2, -0.15) is 0 Å². The van der Waals surface area contributed by atoms with Crippen LogP contribution in [0.4, 0.5) is 4.39 Å². The number of aliphatic hydroxyl groups excluding tert-OH is 1. The number of aliphatic hydroxyl groups is 1. The number of hydrogen-bond donors (Lipinski definition) is 2. The van der Waals surface area contributed by atoms with Crippen LogP contribution >= 0.6 is 11.8 Å². The Morgan fingerprint density at radius 2 is 1.91 bits per heavy atom. The van der Waals surface area contributed by atoms with Gasteiger partial charge in [0.05, 0.1) is 17.7 Å². The summed E-state index contributed by atoms with van der Waals surface area (Å²) in [7, 11) is 0. The molecule has 0 saturated carbocycles. The molecule has 0 aliphatic rings. The lowest BCUT2D eigenvalue weighted by Gasteiger charge is -2.21. The highest BCUT2D eigenvalue weighted by Crippen LogP contribution is 2.23. The minimum Gasteiger partial charge on any atom is -0.391 e. The minimum absolute atomic E-state index is 0.0266. The molecular weight excluding hydrogens is 313 g/mol. The van der Waals surface area contributed by atoms with Crippen LogP contribution in [0.5, 0.6) is 0 Å². The van der Waals surface area contributed by atoms with Gasteiger partial charge in [0.2, 0.25) is 0 Å². The molecule has 1 amide bonds. The largest absolute Gasteiger partial charge is 0.391 e. The highest BCUT2D eigenvalue weighted by Gasteiger charge is 2.21. The summed E-state index contributed by atoms with van der Waals surface area (Å²) in [4.78, 5) is 12.9. The van der Waals surface area contributed by atoms with Gasteiger partial charge >= 0.3 is 0 Å². The topological polar surface area (TPSA) is 49.3 Å². The number of halogens is 1. The molecule has 2 atom stereocenters. The maximum absolute atomic E-state index is 13.9. The molecule has 0 heterocycles. The fourth-order valence-corrected chi connectivity index (χ4v) is 2.91. The number of nitrogens with one attached hydrogen (secondary N) is 1. The molecule has 2 aromatic rings. The molecule has 0 aliphatic heterocycles. The van der Waals surface area contributed by atoms with Crippen molar-refractivity contribution in [3.05, 3.63) is 65.5 Å². The van der Waals surface area contributed by atoms with E-state index in [1.807, 2.05) is 30.3 Å². The third-order valence-electron chi connectivity index (χ3n) is 3.65. The summed E-state index contributed by atoms with van der Waals surface area (Å²) >= 11 is 1.31. The molecule has 0 unspecified atom stereocenters. The number of hydrogen-bond acceptors (Lipinski definition) is 3. The molecule has 0 aliphatic carbocycles. The molecule has 0 radical (unpaired) electrons. The second-order valence-corrected chi connectivity index (χ2v) is 6.18. The third kappa shape index (κ3) is 4.56. The van der Waals surface area contributed by atoms with E-state index in [1.165, 1.54) is 17.8 Å². The highest BCUT2D eigenvalue weighted by atomic mass is 32.2. The summed E-state index contributed by atoms with van der Waals surface area (Å²) in [5.74, 6) is -1.06. The van der Waals surface area contributed by atoms with Crippen LogP contribution in [-0.2, 0) is 6.42 Å². The first-order chi connectivity index (χ1) is 11.0. The zero-order valence-electron chi connectivity index (χ0n) is 13.1. The fraction of sp³-hybridized carbons (Fsp3) is 0.278. The monoisotopic (exact) mass is 333 g/mol. The van der Waals surface area contributed by atoms with E-state index < -0.39 is 23.9 Å². The first kappa shape index (κ1) is 17.5. The summed E-state index contributed by atoms with van der Waals surface area (Å²) in [5.41, 5.74) is 1.01. The molecule has 2 aromatic carbocycles. The minimum atomic E-state index is -0.745. The quantitative estimate of drug-likeness (QED) is 0.798. The van der Waals surface area contributed by atoms with Crippen molar-refractivity contribution in [2.24, 2.45) is 0 Å². The van der Waals surface area contributed by atoms with E-state index in [4.69, 9.17) is 0 Å². The average Bonchev–Trinajstić information content (AvgIpc) is 2.55. The van der Waals surface area contributed by atoms with Crippen LogP contribution in [-0.4, -0.2) is 29.4 Å². The van der Waals surface area contributed by atoms with E-state index in [1.54, 1.807) is 25.3 Å². The van der Waals surface area contributed by atoms with Crippen molar-refractivity contribution in [3.63, 3.8) is 0 Å². The Labute approximate surface area is 139 Å². The van der Waals surface area contributed by atoms with Crippen LogP contribution in [0.1, 0.15) is 22.8 Å². The van der Waals surface area contributed by atoms with Crippen molar-refractivity contribution >= 4 is 17.7 Å². The molecule has 2 N–H and O–H groups in total. The van der Waals surface area contributed by atoms with Gasteiger partial charge in [-0.05, 0) is 30.9 Å². The van der Waals surface area contributed by atoms with Crippen LogP contribution in [0.15, 0.2) is 53.4 Å².